The van der Waals surface area contributed by atoms with Crippen LogP contribution in [-0.4, -0.2) is 27.0 Å². The molecular formula is C19H36O3Si. The lowest BCUT2D eigenvalue weighted by molar-refractivity contribution is -0.145. The molecule has 2 atom stereocenters. The SMILES string of the molecule is C=CC(=O)O[C@H](CCO[Si](C(C)C)(C(C)C)C(C)C)[C@@H](C)C=C. The molecule has 0 fully saturated rings. The second-order valence-corrected chi connectivity index (χ2v) is 12.7. The van der Waals surface area contributed by atoms with Gasteiger partial charge in [0.05, 0.1) is 0 Å². The zero-order valence-electron chi connectivity index (χ0n) is 16.1. The number of carbonyl (C=O) groups is 1. The minimum Gasteiger partial charge on any atom is -0.459 e. The third-order valence-corrected chi connectivity index (χ3v) is 11.0. The Hall–Kier alpha value is -0.873. The first kappa shape index (κ1) is 22.1. The number of carbonyl (C=O) groups excluding carboxylic acids is 1. The topological polar surface area (TPSA) is 35.5 Å². The fourth-order valence-corrected chi connectivity index (χ4v) is 9.10. The Morgan fingerprint density at radius 3 is 1.83 bits per heavy atom. The summed E-state index contributed by atoms with van der Waals surface area (Å²) in [7, 11) is -1.87. The van der Waals surface area contributed by atoms with E-state index in [2.05, 4.69) is 54.7 Å². The van der Waals surface area contributed by atoms with Gasteiger partial charge in [-0.15, -0.1) is 6.58 Å². The van der Waals surface area contributed by atoms with E-state index < -0.39 is 8.32 Å². The third kappa shape index (κ3) is 5.92. The molecule has 0 aliphatic carbocycles. The van der Waals surface area contributed by atoms with E-state index in [1.54, 1.807) is 0 Å². The highest BCUT2D eigenvalue weighted by Crippen LogP contribution is 2.42. The minimum absolute atomic E-state index is 0.0933. The Balaban J connectivity index is 4.97. The van der Waals surface area contributed by atoms with Crippen LogP contribution in [0.15, 0.2) is 25.3 Å². The molecule has 3 nitrogen and oxygen atoms in total. The molecule has 4 heteroatoms. The fraction of sp³-hybridized carbons (Fsp3) is 0.737. The predicted octanol–water partition coefficient (Wildman–Crippen LogP) is 5.49. The molecule has 0 aliphatic rings. The van der Waals surface area contributed by atoms with E-state index in [1.165, 1.54) is 6.08 Å². The van der Waals surface area contributed by atoms with Gasteiger partial charge in [-0.1, -0.05) is 61.1 Å². The lowest BCUT2D eigenvalue weighted by atomic mass is 10.0. The van der Waals surface area contributed by atoms with Gasteiger partial charge in [-0.05, 0) is 16.6 Å². The van der Waals surface area contributed by atoms with Gasteiger partial charge in [-0.3, -0.25) is 0 Å². The normalized spacial score (nSPS) is 14.9. The van der Waals surface area contributed by atoms with Crippen LogP contribution in [0.2, 0.25) is 16.6 Å². The van der Waals surface area contributed by atoms with Crippen molar-refractivity contribution in [2.24, 2.45) is 5.92 Å². The molecule has 0 aromatic heterocycles. The highest BCUT2D eigenvalue weighted by Gasteiger charge is 2.45. The van der Waals surface area contributed by atoms with Gasteiger partial charge in [0.2, 0.25) is 0 Å². The Bertz CT molecular complexity index is 366. The minimum atomic E-state index is -1.87. The second-order valence-electron chi connectivity index (χ2n) is 7.23. The summed E-state index contributed by atoms with van der Waals surface area (Å²) in [4.78, 5) is 11.5. The van der Waals surface area contributed by atoms with Gasteiger partial charge >= 0.3 is 5.97 Å². The van der Waals surface area contributed by atoms with Crippen molar-refractivity contribution in [3.63, 3.8) is 0 Å². The maximum Gasteiger partial charge on any atom is 0.330 e. The molecule has 0 unspecified atom stereocenters. The molecular weight excluding hydrogens is 304 g/mol. The van der Waals surface area contributed by atoms with Crippen molar-refractivity contribution in [2.45, 2.75) is 77.6 Å². The summed E-state index contributed by atoms with van der Waals surface area (Å²) < 4.78 is 12.0. The van der Waals surface area contributed by atoms with Crippen molar-refractivity contribution in [1.82, 2.24) is 0 Å². The van der Waals surface area contributed by atoms with Crippen molar-refractivity contribution >= 4 is 14.3 Å². The first-order valence-corrected chi connectivity index (χ1v) is 10.9. The van der Waals surface area contributed by atoms with Crippen molar-refractivity contribution in [1.29, 1.82) is 0 Å². The molecule has 134 valence electrons. The van der Waals surface area contributed by atoms with E-state index in [4.69, 9.17) is 9.16 Å². The standard InChI is InChI=1S/C19H36O3Si/c1-10-17(9)18(22-19(20)11-2)12-13-21-23(14(3)4,15(5)6)16(7)8/h10-11,14-18H,1-2,12-13H2,3-9H3/t17-,18+/m0/s1. The quantitative estimate of drug-likeness (QED) is 0.216. The Morgan fingerprint density at radius 2 is 1.48 bits per heavy atom. The smallest absolute Gasteiger partial charge is 0.330 e. The molecule has 0 saturated heterocycles. The van der Waals surface area contributed by atoms with E-state index in [0.717, 1.165) is 0 Å². The van der Waals surface area contributed by atoms with Gasteiger partial charge < -0.3 is 9.16 Å². The molecule has 23 heavy (non-hydrogen) atoms. The van der Waals surface area contributed by atoms with Crippen LogP contribution < -0.4 is 0 Å². The molecule has 0 aromatic rings. The monoisotopic (exact) mass is 340 g/mol. The number of ether oxygens (including phenoxy) is 1. The zero-order valence-corrected chi connectivity index (χ0v) is 17.1. The predicted molar refractivity (Wildman–Crippen MR) is 101 cm³/mol. The van der Waals surface area contributed by atoms with Crippen LogP contribution in [0, 0.1) is 5.92 Å². The van der Waals surface area contributed by atoms with Crippen LogP contribution in [0.4, 0.5) is 0 Å². The number of hydrogen-bond acceptors (Lipinski definition) is 3. The van der Waals surface area contributed by atoms with Crippen LogP contribution in [-0.2, 0) is 14.0 Å². The zero-order chi connectivity index (χ0) is 18.2. The van der Waals surface area contributed by atoms with E-state index in [0.29, 0.717) is 29.7 Å². The van der Waals surface area contributed by atoms with Crippen LogP contribution in [0.3, 0.4) is 0 Å². The van der Waals surface area contributed by atoms with Crippen molar-refractivity contribution in [2.75, 3.05) is 6.61 Å². The summed E-state index contributed by atoms with van der Waals surface area (Å²) in [6.07, 6.45) is 3.50. The van der Waals surface area contributed by atoms with Gasteiger partial charge in [-0.2, -0.15) is 0 Å². The van der Waals surface area contributed by atoms with E-state index in [9.17, 15) is 4.79 Å². The molecule has 0 aromatic carbocycles. The molecule has 0 aliphatic heterocycles. The first-order valence-electron chi connectivity index (χ1n) is 8.72. The first-order chi connectivity index (χ1) is 10.6. The van der Waals surface area contributed by atoms with Gasteiger partial charge in [0.1, 0.15) is 6.10 Å². The molecule has 0 heterocycles. The van der Waals surface area contributed by atoms with E-state index in [-0.39, 0.29) is 18.0 Å². The fourth-order valence-electron chi connectivity index (χ4n) is 3.63. The lowest BCUT2D eigenvalue weighted by Gasteiger charge is -2.42. The average molecular weight is 341 g/mol. The second kappa shape index (κ2) is 10.1. The Labute approximate surface area is 144 Å². The van der Waals surface area contributed by atoms with Crippen LogP contribution in [0.5, 0.6) is 0 Å². The van der Waals surface area contributed by atoms with Crippen molar-refractivity contribution in [3.8, 4) is 0 Å². The number of rotatable bonds is 11. The maximum absolute atomic E-state index is 11.5. The summed E-state index contributed by atoms with van der Waals surface area (Å²) in [6, 6.07) is 0. The molecule has 0 saturated carbocycles. The molecule has 0 amide bonds. The van der Waals surface area contributed by atoms with Crippen LogP contribution in [0.1, 0.15) is 54.9 Å². The van der Waals surface area contributed by atoms with Gasteiger partial charge in [0, 0.05) is 25.0 Å². The van der Waals surface area contributed by atoms with Gasteiger partial charge in [0.15, 0.2) is 8.32 Å². The largest absolute Gasteiger partial charge is 0.459 e. The van der Waals surface area contributed by atoms with Crippen LogP contribution in [0.25, 0.3) is 0 Å². The molecule has 0 rings (SSSR count). The third-order valence-electron chi connectivity index (χ3n) is 4.85. The number of esters is 1. The summed E-state index contributed by atoms with van der Waals surface area (Å²) in [6.45, 7) is 23.5. The highest BCUT2D eigenvalue weighted by molar-refractivity contribution is 6.77. The Kier molecular flexibility index (Phi) is 9.70. The lowest BCUT2D eigenvalue weighted by Crippen LogP contribution is -2.48. The maximum atomic E-state index is 11.5. The van der Waals surface area contributed by atoms with Gasteiger partial charge in [0.25, 0.3) is 0 Å². The number of hydrogen-bond donors (Lipinski definition) is 0. The van der Waals surface area contributed by atoms with E-state index in [1.807, 2.05) is 13.0 Å². The highest BCUT2D eigenvalue weighted by atomic mass is 28.4. The molecule has 0 bridgehead atoms. The summed E-state index contributed by atoms with van der Waals surface area (Å²) in [5.74, 6) is -0.292. The van der Waals surface area contributed by atoms with Gasteiger partial charge in [-0.25, -0.2) is 4.79 Å². The average Bonchev–Trinajstić information content (AvgIpc) is 2.47. The van der Waals surface area contributed by atoms with Crippen LogP contribution >= 0.6 is 0 Å². The Morgan fingerprint density at radius 1 is 1.00 bits per heavy atom. The summed E-state index contributed by atoms with van der Waals surface area (Å²) >= 11 is 0. The molecule has 0 radical (unpaired) electrons. The van der Waals surface area contributed by atoms with E-state index >= 15 is 0 Å². The molecule has 0 N–H and O–H groups in total. The van der Waals surface area contributed by atoms with Crippen molar-refractivity contribution < 1.29 is 14.0 Å². The van der Waals surface area contributed by atoms with Crippen molar-refractivity contribution in [3.05, 3.63) is 25.3 Å². The summed E-state index contributed by atoms with van der Waals surface area (Å²) in [5, 5.41) is 0. The molecule has 0 spiro atoms. The summed E-state index contributed by atoms with van der Waals surface area (Å²) in [5.41, 5.74) is 1.65.